The van der Waals surface area contributed by atoms with Crippen LogP contribution in [0.25, 0.3) is 12.2 Å². The Morgan fingerprint density at radius 3 is 2.10 bits per heavy atom. The van der Waals surface area contributed by atoms with Gasteiger partial charge in [0, 0.05) is 28.4 Å². The summed E-state index contributed by atoms with van der Waals surface area (Å²) in [6, 6.07) is 20.4. The second-order valence-corrected chi connectivity index (χ2v) is 9.39. The quantitative estimate of drug-likeness (QED) is 0.168. The van der Waals surface area contributed by atoms with E-state index in [-0.39, 0.29) is 11.5 Å². The van der Waals surface area contributed by atoms with Crippen LogP contribution in [0.4, 0.5) is 5.69 Å². The summed E-state index contributed by atoms with van der Waals surface area (Å²) in [5.74, 6) is 0.399. The number of allylic oxidation sites excluding steroid dienone is 1. The number of anilines is 1. The number of methoxy groups -OCH3 is 3. The first-order valence-electron chi connectivity index (χ1n) is 12.5. The highest BCUT2D eigenvalue weighted by Crippen LogP contribution is 2.35. The molecule has 0 spiro atoms. The van der Waals surface area contributed by atoms with Gasteiger partial charge in [0.2, 0.25) is 0 Å². The third-order valence-electron chi connectivity index (χ3n) is 5.96. The average Bonchev–Trinajstić information content (AvgIpc) is 3.53. The van der Waals surface area contributed by atoms with Crippen molar-refractivity contribution < 1.29 is 28.6 Å². The van der Waals surface area contributed by atoms with Crippen molar-refractivity contribution in [2.75, 3.05) is 26.6 Å². The zero-order chi connectivity index (χ0) is 29.2. The lowest BCUT2D eigenvalue weighted by Gasteiger charge is -2.12. The first-order valence-corrected chi connectivity index (χ1v) is 13.4. The largest absolute Gasteiger partial charge is 0.496 e. The van der Waals surface area contributed by atoms with E-state index in [1.165, 1.54) is 38.7 Å². The van der Waals surface area contributed by atoms with Crippen molar-refractivity contribution in [3.05, 3.63) is 118 Å². The average molecular weight is 569 g/mol. The highest BCUT2D eigenvalue weighted by molar-refractivity contribution is 7.08. The maximum absolute atomic E-state index is 13.1. The van der Waals surface area contributed by atoms with Gasteiger partial charge in [-0.1, -0.05) is 18.2 Å². The van der Waals surface area contributed by atoms with Gasteiger partial charge in [0.05, 0.1) is 21.3 Å². The Morgan fingerprint density at radius 1 is 0.780 bits per heavy atom. The molecule has 0 radical (unpaired) electrons. The molecule has 0 atom stereocenters. The van der Waals surface area contributed by atoms with Crippen LogP contribution in [0.5, 0.6) is 17.2 Å². The molecule has 0 aliphatic heterocycles. The third kappa shape index (κ3) is 7.49. The number of thiophene rings is 1. The molecule has 0 saturated heterocycles. The summed E-state index contributed by atoms with van der Waals surface area (Å²) < 4.78 is 16.0. The maximum Gasteiger partial charge on any atom is 0.272 e. The van der Waals surface area contributed by atoms with Crippen LogP contribution in [0.1, 0.15) is 31.8 Å². The van der Waals surface area contributed by atoms with Gasteiger partial charge in [0.25, 0.3) is 11.8 Å². The predicted octanol–water partition coefficient (Wildman–Crippen LogP) is 6.08. The number of carbonyl (C=O) groups excluding carboxylic acids is 3. The highest BCUT2D eigenvalue weighted by atomic mass is 32.1. The lowest BCUT2D eigenvalue weighted by atomic mass is 10.1. The minimum absolute atomic E-state index is 0.0872. The van der Waals surface area contributed by atoms with Gasteiger partial charge in [-0.15, -0.1) is 0 Å². The summed E-state index contributed by atoms with van der Waals surface area (Å²) in [5.41, 5.74) is 2.83. The molecule has 0 aliphatic carbocycles. The Hall–Kier alpha value is -5.15. The minimum atomic E-state index is -0.500. The topological polar surface area (TPSA) is 103 Å². The summed E-state index contributed by atoms with van der Waals surface area (Å²) >= 11 is 1.48. The van der Waals surface area contributed by atoms with E-state index in [0.29, 0.717) is 39.6 Å². The molecule has 1 heterocycles. The lowest BCUT2D eigenvalue weighted by molar-refractivity contribution is -0.113. The summed E-state index contributed by atoms with van der Waals surface area (Å²) in [6.45, 7) is 0. The molecule has 2 amide bonds. The predicted molar refractivity (Wildman–Crippen MR) is 161 cm³/mol. The van der Waals surface area contributed by atoms with Crippen LogP contribution in [0.3, 0.4) is 0 Å². The van der Waals surface area contributed by atoms with Crippen molar-refractivity contribution in [2.24, 2.45) is 0 Å². The van der Waals surface area contributed by atoms with Crippen LogP contribution in [-0.2, 0) is 4.79 Å². The van der Waals surface area contributed by atoms with Crippen molar-refractivity contribution in [3.63, 3.8) is 0 Å². The molecule has 0 unspecified atom stereocenters. The van der Waals surface area contributed by atoms with Crippen LogP contribution in [0, 0.1) is 0 Å². The normalized spacial score (nSPS) is 11.1. The Bertz CT molecular complexity index is 1580. The van der Waals surface area contributed by atoms with Crippen molar-refractivity contribution >= 4 is 46.8 Å². The van der Waals surface area contributed by atoms with Crippen molar-refractivity contribution in [1.82, 2.24) is 5.32 Å². The maximum atomic E-state index is 13.1. The van der Waals surface area contributed by atoms with Crippen LogP contribution in [0.2, 0.25) is 0 Å². The molecule has 2 N–H and O–H groups in total. The molecule has 4 rings (SSSR count). The monoisotopic (exact) mass is 568 g/mol. The Morgan fingerprint density at radius 2 is 1.46 bits per heavy atom. The summed E-state index contributed by atoms with van der Waals surface area (Å²) in [6.07, 6.45) is 4.67. The van der Waals surface area contributed by atoms with Crippen LogP contribution in [0.15, 0.2) is 95.3 Å². The summed E-state index contributed by atoms with van der Waals surface area (Å²) in [4.78, 5) is 38.7. The number of hydrogen-bond donors (Lipinski definition) is 2. The molecular formula is C32H28N2O6S. The number of ketones is 1. The smallest absolute Gasteiger partial charge is 0.272 e. The fraction of sp³-hybridized carbons (Fsp3) is 0.0938. The zero-order valence-corrected chi connectivity index (χ0v) is 23.5. The van der Waals surface area contributed by atoms with E-state index in [1.807, 2.05) is 22.9 Å². The number of carbonyl (C=O) groups is 3. The molecule has 0 saturated carbocycles. The van der Waals surface area contributed by atoms with Gasteiger partial charge in [-0.05, 0) is 83.1 Å². The van der Waals surface area contributed by atoms with E-state index in [0.717, 1.165) is 5.56 Å². The number of hydrogen-bond acceptors (Lipinski definition) is 7. The van der Waals surface area contributed by atoms with Gasteiger partial charge in [-0.3, -0.25) is 14.4 Å². The van der Waals surface area contributed by atoms with Crippen LogP contribution in [-0.4, -0.2) is 38.9 Å². The van der Waals surface area contributed by atoms with Crippen LogP contribution < -0.4 is 24.8 Å². The SMILES string of the molecule is COc1cc(OC)c(OC)cc1/C=C/C(=O)c1ccc(NC(=O)/C(=C/c2ccsc2)NC(=O)c2ccccc2)cc1. The third-order valence-corrected chi connectivity index (χ3v) is 6.66. The second kappa shape index (κ2) is 13.8. The lowest BCUT2D eigenvalue weighted by Crippen LogP contribution is -2.30. The molecule has 3 aromatic carbocycles. The summed E-state index contributed by atoms with van der Waals surface area (Å²) in [5, 5.41) is 9.24. The molecule has 208 valence electrons. The van der Waals surface area contributed by atoms with Crippen molar-refractivity contribution in [3.8, 4) is 17.2 Å². The van der Waals surface area contributed by atoms with E-state index < -0.39 is 11.8 Å². The Labute approximate surface area is 241 Å². The molecular weight excluding hydrogens is 540 g/mol. The number of benzene rings is 3. The van der Waals surface area contributed by atoms with Crippen molar-refractivity contribution in [1.29, 1.82) is 0 Å². The van der Waals surface area contributed by atoms with E-state index >= 15 is 0 Å². The molecule has 8 nitrogen and oxygen atoms in total. The van der Waals surface area contributed by atoms with Gasteiger partial charge in [-0.25, -0.2) is 0 Å². The van der Waals surface area contributed by atoms with E-state index in [9.17, 15) is 14.4 Å². The zero-order valence-electron chi connectivity index (χ0n) is 22.7. The molecule has 9 heteroatoms. The molecule has 4 aromatic rings. The fourth-order valence-electron chi connectivity index (χ4n) is 3.83. The number of amides is 2. The summed E-state index contributed by atoms with van der Waals surface area (Å²) in [7, 11) is 4.59. The van der Waals surface area contributed by atoms with Gasteiger partial charge in [0.15, 0.2) is 17.3 Å². The van der Waals surface area contributed by atoms with E-state index in [1.54, 1.807) is 72.8 Å². The molecule has 41 heavy (non-hydrogen) atoms. The number of rotatable bonds is 11. The Balaban J connectivity index is 1.47. The first kappa shape index (κ1) is 28.8. The van der Waals surface area contributed by atoms with E-state index in [2.05, 4.69) is 10.6 Å². The van der Waals surface area contributed by atoms with Gasteiger partial charge in [-0.2, -0.15) is 11.3 Å². The highest BCUT2D eigenvalue weighted by Gasteiger charge is 2.16. The number of nitrogens with one attached hydrogen (secondary N) is 2. The van der Waals surface area contributed by atoms with Gasteiger partial charge >= 0.3 is 0 Å². The fourth-order valence-corrected chi connectivity index (χ4v) is 4.45. The second-order valence-electron chi connectivity index (χ2n) is 8.61. The van der Waals surface area contributed by atoms with Crippen molar-refractivity contribution in [2.45, 2.75) is 0 Å². The molecule has 1 aromatic heterocycles. The standard InChI is InChI=1S/C32H28N2O6S/c1-38-28-19-30(40-3)29(39-2)18-24(28)11-14-27(35)22-9-12-25(13-10-22)33-32(37)26(17-21-15-16-41-20-21)34-31(36)23-7-5-4-6-8-23/h4-20H,1-3H3,(H,33,37)(H,34,36)/b14-11+,26-17-. The molecule has 0 fully saturated rings. The molecule has 0 aliphatic rings. The van der Waals surface area contributed by atoms with Crippen LogP contribution >= 0.6 is 11.3 Å². The van der Waals surface area contributed by atoms with E-state index in [4.69, 9.17) is 14.2 Å². The first-order chi connectivity index (χ1) is 19.9. The van der Waals surface area contributed by atoms with Gasteiger partial charge in [0.1, 0.15) is 11.4 Å². The molecule has 0 bridgehead atoms. The Kier molecular flexibility index (Phi) is 9.69. The number of ether oxygens (including phenoxy) is 3. The minimum Gasteiger partial charge on any atom is -0.496 e. The van der Waals surface area contributed by atoms with Gasteiger partial charge < -0.3 is 24.8 Å².